The highest BCUT2D eigenvalue weighted by molar-refractivity contribution is 5.80. The SMILES string of the molecule is CC(=O)Cc1cc(F)cc(C=O)c1. The van der Waals surface area contributed by atoms with E-state index in [1.807, 2.05) is 0 Å². The number of Topliss-reactive ketones (excluding diaryl/α,β-unsaturated/α-hetero) is 1. The molecular formula is C10H9FO2. The highest BCUT2D eigenvalue weighted by Gasteiger charge is 2.02. The second-order valence-corrected chi connectivity index (χ2v) is 2.89. The first-order valence-corrected chi connectivity index (χ1v) is 3.86. The van der Waals surface area contributed by atoms with Gasteiger partial charge in [0.1, 0.15) is 17.9 Å². The summed E-state index contributed by atoms with van der Waals surface area (Å²) in [4.78, 5) is 21.1. The van der Waals surface area contributed by atoms with Gasteiger partial charge in [-0.1, -0.05) is 0 Å². The van der Waals surface area contributed by atoms with Crippen LogP contribution in [0, 0.1) is 5.82 Å². The zero-order chi connectivity index (χ0) is 9.84. The van der Waals surface area contributed by atoms with E-state index in [0.29, 0.717) is 11.8 Å². The van der Waals surface area contributed by atoms with Crippen molar-refractivity contribution in [2.75, 3.05) is 0 Å². The molecule has 3 heteroatoms. The minimum absolute atomic E-state index is 0.0533. The Labute approximate surface area is 75.4 Å². The Bertz CT molecular complexity index is 345. The Morgan fingerprint density at radius 2 is 2.15 bits per heavy atom. The molecule has 0 aromatic heterocycles. The Morgan fingerprint density at radius 1 is 1.46 bits per heavy atom. The summed E-state index contributed by atoms with van der Waals surface area (Å²) in [6.07, 6.45) is 0.727. The van der Waals surface area contributed by atoms with E-state index in [9.17, 15) is 14.0 Å². The van der Waals surface area contributed by atoms with E-state index in [-0.39, 0.29) is 17.8 Å². The summed E-state index contributed by atoms with van der Waals surface area (Å²) in [7, 11) is 0. The highest BCUT2D eigenvalue weighted by atomic mass is 19.1. The van der Waals surface area contributed by atoms with Crippen molar-refractivity contribution in [3.8, 4) is 0 Å². The largest absolute Gasteiger partial charge is 0.300 e. The van der Waals surface area contributed by atoms with Crippen LogP contribution in [0.15, 0.2) is 18.2 Å². The third-order valence-electron chi connectivity index (χ3n) is 1.57. The molecule has 1 aromatic rings. The Kier molecular flexibility index (Phi) is 2.90. The summed E-state index contributed by atoms with van der Waals surface area (Å²) in [6, 6.07) is 3.91. The molecule has 0 aliphatic rings. The fourth-order valence-electron chi connectivity index (χ4n) is 1.13. The monoisotopic (exact) mass is 180 g/mol. The molecule has 0 fully saturated rings. The summed E-state index contributed by atoms with van der Waals surface area (Å²) in [5.41, 5.74) is 0.797. The lowest BCUT2D eigenvalue weighted by molar-refractivity contribution is -0.116. The predicted octanol–water partition coefficient (Wildman–Crippen LogP) is 1.77. The van der Waals surface area contributed by atoms with Gasteiger partial charge < -0.3 is 0 Å². The molecule has 0 spiro atoms. The lowest BCUT2D eigenvalue weighted by atomic mass is 10.1. The third kappa shape index (κ3) is 2.78. The maximum absolute atomic E-state index is 12.8. The van der Waals surface area contributed by atoms with E-state index >= 15 is 0 Å². The van der Waals surface area contributed by atoms with Crippen molar-refractivity contribution in [3.05, 3.63) is 35.1 Å². The van der Waals surface area contributed by atoms with E-state index < -0.39 is 5.82 Å². The topological polar surface area (TPSA) is 34.1 Å². The smallest absolute Gasteiger partial charge is 0.150 e. The summed E-state index contributed by atoms with van der Waals surface area (Å²) >= 11 is 0. The summed E-state index contributed by atoms with van der Waals surface area (Å²) < 4.78 is 12.8. The van der Waals surface area contributed by atoms with Crippen LogP contribution in [0.4, 0.5) is 4.39 Å². The first-order valence-electron chi connectivity index (χ1n) is 3.86. The van der Waals surface area contributed by atoms with Crippen LogP contribution in [0.2, 0.25) is 0 Å². The molecule has 68 valence electrons. The van der Waals surface area contributed by atoms with Gasteiger partial charge in [0.25, 0.3) is 0 Å². The van der Waals surface area contributed by atoms with Crippen LogP contribution in [0.1, 0.15) is 22.8 Å². The number of hydrogen-bond acceptors (Lipinski definition) is 2. The van der Waals surface area contributed by atoms with Gasteiger partial charge in [0, 0.05) is 12.0 Å². The van der Waals surface area contributed by atoms with Gasteiger partial charge in [-0.05, 0) is 30.7 Å². The number of benzene rings is 1. The van der Waals surface area contributed by atoms with Crippen LogP contribution in [0.5, 0.6) is 0 Å². The first-order chi connectivity index (χ1) is 6.11. The Hall–Kier alpha value is -1.51. The molecule has 0 bridgehead atoms. The first kappa shape index (κ1) is 9.58. The number of halogens is 1. The maximum atomic E-state index is 12.8. The molecule has 0 radical (unpaired) electrons. The van der Waals surface area contributed by atoms with Gasteiger partial charge in [-0.2, -0.15) is 0 Å². The molecule has 0 aliphatic carbocycles. The van der Waals surface area contributed by atoms with Gasteiger partial charge in [-0.15, -0.1) is 0 Å². The fraction of sp³-hybridized carbons (Fsp3) is 0.200. The molecule has 0 atom stereocenters. The molecule has 2 nitrogen and oxygen atoms in total. The van der Waals surface area contributed by atoms with E-state index in [4.69, 9.17) is 0 Å². The van der Waals surface area contributed by atoms with Crippen molar-refractivity contribution in [1.29, 1.82) is 0 Å². The van der Waals surface area contributed by atoms with E-state index in [0.717, 1.165) is 6.07 Å². The zero-order valence-electron chi connectivity index (χ0n) is 7.21. The minimum Gasteiger partial charge on any atom is -0.300 e. The normalized spacial score (nSPS) is 9.69. The van der Waals surface area contributed by atoms with E-state index in [1.54, 1.807) is 0 Å². The number of carbonyl (C=O) groups is 2. The van der Waals surface area contributed by atoms with Crippen molar-refractivity contribution >= 4 is 12.1 Å². The van der Waals surface area contributed by atoms with Crippen molar-refractivity contribution in [3.63, 3.8) is 0 Å². The van der Waals surface area contributed by atoms with Crippen LogP contribution in [-0.4, -0.2) is 12.1 Å². The average Bonchev–Trinajstić information content (AvgIpc) is 2.01. The van der Waals surface area contributed by atoms with Crippen molar-refractivity contribution in [2.24, 2.45) is 0 Å². The Morgan fingerprint density at radius 3 is 2.69 bits per heavy atom. The molecule has 0 N–H and O–H groups in total. The number of hydrogen-bond donors (Lipinski definition) is 0. The van der Waals surface area contributed by atoms with Crippen LogP contribution in [-0.2, 0) is 11.2 Å². The molecule has 0 unspecified atom stereocenters. The van der Waals surface area contributed by atoms with Crippen molar-refractivity contribution < 1.29 is 14.0 Å². The van der Waals surface area contributed by atoms with Crippen LogP contribution >= 0.6 is 0 Å². The highest BCUT2D eigenvalue weighted by Crippen LogP contribution is 2.08. The van der Waals surface area contributed by atoms with Gasteiger partial charge in [0.2, 0.25) is 0 Å². The minimum atomic E-state index is -0.485. The second kappa shape index (κ2) is 3.94. The lowest BCUT2D eigenvalue weighted by Gasteiger charge is -1.99. The van der Waals surface area contributed by atoms with Crippen LogP contribution < -0.4 is 0 Å². The fourth-order valence-corrected chi connectivity index (χ4v) is 1.13. The number of aldehydes is 1. The quantitative estimate of drug-likeness (QED) is 0.664. The van der Waals surface area contributed by atoms with Gasteiger partial charge >= 0.3 is 0 Å². The van der Waals surface area contributed by atoms with E-state index in [1.165, 1.54) is 19.1 Å². The Balaban J connectivity index is 3.01. The standard InChI is InChI=1S/C10H9FO2/c1-7(13)2-8-3-9(6-12)5-10(11)4-8/h3-6H,2H2,1H3. The van der Waals surface area contributed by atoms with Crippen LogP contribution in [0.25, 0.3) is 0 Å². The molecular weight excluding hydrogens is 171 g/mol. The summed E-state index contributed by atoms with van der Waals surface area (Å²) in [5.74, 6) is -0.539. The molecule has 0 aliphatic heterocycles. The molecule has 0 saturated heterocycles. The van der Waals surface area contributed by atoms with Gasteiger partial charge in [-0.3, -0.25) is 9.59 Å². The molecule has 1 rings (SSSR count). The van der Waals surface area contributed by atoms with Gasteiger partial charge in [-0.25, -0.2) is 4.39 Å². The van der Waals surface area contributed by atoms with Gasteiger partial charge in [0.05, 0.1) is 0 Å². The molecule has 0 heterocycles. The lowest BCUT2D eigenvalue weighted by Crippen LogP contribution is -1.98. The number of carbonyl (C=O) groups excluding carboxylic acids is 2. The third-order valence-corrected chi connectivity index (χ3v) is 1.57. The maximum Gasteiger partial charge on any atom is 0.150 e. The predicted molar refractivity (Wildman–Crippen MR) is 46.2 cm³/mol. The molecule has 0 saturated carbocycles. The van der Waals surface area contributed by atoms with Crippen molar-refractivity contribution in [2.45, 2.75) is 13.3 Å². The number of rotatable bonds is 3. The summed E-state index contributed by atoms with van der Waals surface area (Å²) in [6.45, 7) is 1.42. The molecule has 1 aromatic carbocycles. The summed E-state index contributed by atoms with van der Waals surface area (Å²) in [5, 5.41) is 0. The average molecular weight is 180 g/mol. The van der Waals surface area contributed by atoms with Gasteiger partial charge in [0.15, 0.2) is 0 Å². The number of ketones is 1. The second-order valence-electron chi connectivity index (χ2n) is 2.89. The molecule has 13 heavy (non-hydrogen) atoms. The van der Waals surface area contributed by atoms with E-state index in [2.05, 4.69) is 0 Å². The zero-order valence-corrected chi connectivity index (χ0v) is 7.21. The van der Waals surface area contributed by atoms with Crippen LogP contribution in [0.3, 0.4) is 0 Å². The van der Waals surface area contributed by atoms with Crippen molar-refractivity contribution in [1.82, 2.24) is 0 Å². The molecule has 0 amide bonds.